The number of carbonyl (C=O) groups excluding carboxylic acids is 1. The van der Waals surface area contributed by atoms with Crippen molar-refractivity contribution in [3.63, 3.8) is 0 Å². The van der Waals surface area contributed by atoms with Crippen molar-refractivity contribution in [2.45, 2.75) is 58.0 Å². The molecule has 0 radical (unpaired) electrons. The maximum absolute atomic E-state index is 11.9. The Morgan fingerprint density at radius 3 is 2.43 bits per heavy atom. The van der Waals surface area contributed by atoms with E-state index in [0.29, 0.717) is 18.9 Å². The minimum absolute atomic E-state index is 0.158. The number of likely N-dealkylation sites (tertiary alicyclic amines) is 1. The molecule has 0 aromatic carbocycles. The first-order valence-corrected chi connectivity index (χ1v) is 8.70. The molecule has 6 heteroatoms. The summed E-state index contributed by atoms with van der Waals surface area (Å²) in [5.74, 6) is -0.864. The van der Waals surface area contributed by atoms with Crippen LogP contribution >= 0.6 is 0 Å². The minimum atomic E-state index is -0.949. The zero-order valence-electron chi connectivity index (χ0n) is 15.0. The first-order chi connectivity index (χ1) is 10.8. The number of amides is 1. The van der Waals surface area contributed by atoms with E-state index in [4.69, 9.17) is 5.11 Å². The van der Waals surface area contributed by atoms with Crippen molar-refractivity contribution in [3.05, 3.63) is 0 Å². The topological polar surface area (TPSA) is 72.9 Å². The molecule has 1 saturated heterocycles. The molecule has 134 valence electrons. The van der Waals surface area contributed by atoms with Gasteiger partial charge < -0.3 is 20.2 Å². The first kappa shape index (κ1) is 19.9. The highest BCUT2D eigenvalue weighted by molar-refractivity contribution is 5.83. The highest BCUT2D eigenvalue weighted by Gasteiger charge is 2.22. The SMILES string of the molecule is CC(C)CC(NC(=O)CCCN(C)C1CCN(C)CC1)C(=O)O. The Kier molecular flexibility index (Phi) is 8.55. The standard InChI is InChI=1S/C17H33N3O3/c1-13(2)12-15(17(22)23)18-16(21)6-5-9-20(4)14-7-10-19(3)11-8-14/h13-15H,5-12H2,1-4H3,(H,18,21)(H,22,23). The number of piperidine rings is 1. The van der Waals surface area contributed by atoms with E-state index in [-0.39, 0.29) is 11.8 Å². The van der Waals surface area contributed by atoms with E-state index in [1.54, 1.807) is 0 Å². The van der Waals surface area contributed by atoms with Gasteiger partial charge in [-0.15, -0.1) is 0 Å². The molecule has 1 rings (SSSR count). The van der Waals surface area contributed by atoms with Crippen LogP contribution in [0.1, 0.15) is 46.0 Å². The third-order valence-electron chi connectivity index (χ3n) is 4.57. The van der Waals surface area contributed by atoms with Crippen LogP contribution in [0.25, 0.3) is 0 Å². The lowest BCUT2D eigenvalue weighted by Crippen LogP contribution is -2.43. The van der Waals surface area contributed by atoms with Crippen molar-refractivity contribution in [1.29, 1.82) is 0 Å². The predicted molar refractivity (Wildman–Crippen MR) is 91.4 cm³/mol. The largest absolute Gasteiger partial charge is 0.480 e. The zero-order valence-corrected chi connectivity index (χ0v) is 15.0. The Morgan fingerprint density at radius 2 is 1.91 bits per heavy atom. The third kappa shape index (κ3) is 7.79. The summed E-state index contributed by atoms with van der Waals surface area (Å²) in [4.78, 5) is 27.8. The molecule has 1 fully saturated rings. The monoisotopic (exact) mass is 327 g/mol. The fourth-order valence-electron chi connectivity index (χ4n) is 3.07. The summed E-state index contributed by atoms with van der Waals surface area (Å²) in [6.45, 7) is 7.05. The van der Waals surface area contributed by atoms with Crippen molar-refractivity contribution >= 4 is 11.9 Å². The van der Waals surface area contributed by atoms with Gasteiger partial charge in [-0.1, -0.05) is 13.8 Å². The van der Waals surface area contributed by atoms with Gasteiger partial charge in [0, 0.05) is 12.5 Å². The van der Waals surface area contributed by atoms with E-state index >= 15 is 0 Å². The van der Waals surface area contributed by atoms with Crippen molar-refractivity contribution in [2.75, 3.05) is 33.7 Å². The summed E-state index contributed by atoms with van der Waals surface area (Å²) in [6, 6.07) is -0.170. The lowest BCUT2D eigenvalue weighted by molar-refractivity contribution is -0.142. The zero-order chi connectivity index (χ0) is 17.4. The number of aliphatic carboxylic acids is 1. The van der Waals surface area contributed by atoms with Crippen molar-refractivity contribution in [3.8, 4) is 0 Å². The summed E-state index contributed by atoms with van der Waals surface area (Å²) in [5, 5.41) is 11.8. The fourth-order valence-corrected chi connectivity index (χ4v) is 3.07. The van der Waals surface area contributed by atoms with Gasteiger partial charge in [-0.2, -0.15) is 0 Å². The molecule has 1 heterocycles. The normalized spacial score (nSPS) is 18.3. The van der Waals surface area contributed by atoms with Gasteiger partial charge in [-0.25, -0.2) is 4.79 Å². The maximum Gasteiger partial charge on any atom is 0.326 e. The van der Waals surface area contributed by atoms with Gasteiger partial charge in [-0.05, 0) is 65.3 Å². The van der Waals surface area contributed by atoms with Crippen molar-refractivity contribution in [2.24, 2.45) is 5.92 Å². The Hall–Kier alpha value is -1.14. The van der Waals surface area contributed by atoms with Crippen LogP contribution in [-0.4, -0.2) is 72.6 Å². The summed E-state index contributed by atoms with van der Waals surface area (Å²) in [6.07, 6.45) is 3.97. The molecule has 0 spiro atoms. The van der Waals surface area contributed by atoms with Gasteiger partial charge in [0.05, 0.1) is 0 Å². The van der Waals surface area contributed by atoms with E-state index in [9.17, 15) is 9.59 Å². The van der Waals surface area contributed by atoms with Crippen LogP contribution in [0.5, 0.6) is 0 Å². The van der Waals surface area contributed by atoms with Gasteiger partial charge in [0.15, 0.2) is 0 Å². The molecule has 1 unspecified atom stereocenters. The number of carboxylic acids is 1. The quantitative estimate of drug-likeness (QED) is 0.670. The second-order valence-electron chi connectivity index (χ2n) is 7.21. The molecule has 0 bridgehead atoms. The molecule has 0 aromatic heterocycles. The second-order valence-corrected chi connectivity index (χ2v) is 7.21. The van der Waals surface area contributed by atoms with E-state index in [0.717, 1.165) is 26.1 Å². The summed E-state index contributed by atoms with van der Waals surface area (Å²) in [7, 11) is 4.27. The third-order valence-corrected chi connectivity index (χ3v) is 4.57. The number of hydrogen-bond donors (Lipinski definition) is 2. The molecule has 1 amide bonds. The van der Waals surface area contributed by atoms with Gasteiger partial charge in [0.25, 0.3) is 0 Å². The predicted octanol–water partition coefficient (Wildman–Crippen LogP) is 1.41. The van der Waals surface area contributed by atoms with E-state index in [2.05, 4.69) is 29.2 Å². The molecule has 23 heavy (non-hydrogen) atoms. The minimum Gasteiger partial charge on any atom is -0.480 e. The van der Waals surface area contributed by atoms with Crippen LogP contribution in [0.2, 0.25) is 0 Å². The summed E-state index contributed by atoms with van der Waals surface area (Å²) >= 11 is 0. The van der Waals surface area contributed by atoms with Crippen molar-refractivity contribution in [1.82, 2.24) is 15.1 Å². The highest BCUT2D eigenvalue weighted by atomic mass is 16.4. The van der Waals surface area contributed by atoms with Crippen LogP contribution in [0.4, 0.5) is 0 Å². The first-order valence-electron chi connectivity index (χ1n) is 8.70. The maximum atomic E-state index is 11.9. The van der Waals surface area contributed by atoms with Crippen LogP contribution in [0.15, 0.2) is 0 Å². The molecular formula is C17H33N3O3. The van der Waals surface area contributed by atoms with Gasteiger partial charge >= 0.3 is 5.97 Å². The Balaban J connectivity index is 2.25. The molecule has 1 aliphatic rings. The molecule has 1 aliphatic heterocycles. The number of rotatable bonds is 9. The van der Waals surface area contributed by atoms with Crippen molar-refractivity contribution < 1.29 is 14.7 Å². The Morgan fingerprint density at radius 1 is 1.30 bits per heavy atom. The van der Waals surface area contributed by atoms with E-state index < -0.39 is 12.0 Å². The molecule has 0 aromatic rings. The smallest absolute Gasteiger partial charge is 0.326 e. The Bertz CT molecular complexity index is 379. The van der Waals surface area contributed by atoms with Crippen LogP contribution in [0, 0.1) is 5.92 Å². The number of hydrogen-bond acceptors (Lipinski definition) is 4. The average molecular weight is 327 g/mol. The Labute approximate surface area is 140 Å². The van der Waals surface area contributed by atoms with Gasteiger partial charge in [-0.3, -0.25) is 4.79 Å². The number of nitrogens with one attached hydrogen (secondary N) is 1. The van der Waals surface area contributed by atoms with E-state index in [1.807, 2.05) is 13.8 Å². The van der Waals surface area contributed by atoms with Gasteiger partial charge in [0.1, 0.15) is 6.04 Å². The molecule has 0 saturated carbocycles. The molecule has 0 aliphatic carbocycles. The second kappa shape index (κ2) is 9.88. The lowest BCUT2D eigenvalue weighted by atomic mass is 10.0. The lowest BCUT2D eigenvalue weighted by Gasteiger charge is -2.35. The fraction of sp³-hybridized carbons (Fsp3) is 0.882. The molecule has 2 N–H and O–H groups in total. The van der Waals surface area contributed by atoms with Crippen LogP contribution in [0.3, 0.4) is 0 Å². The average Bonchev–Trinajstić information content (AvgIpc) is 2.46. The van der Waals surface area contributed by atoms with Crippen LogP contribution < -0.4 is 5.32 Å². The number of carboxylic acid groups (broad SMARTS) is 1. The van der Waals surface area contributed by atoms with Gasteiger partial charge in [0.2, 0.25) is 5.91 Å². The molecule has 1 atom stereocenters. The van der Waals surface area contributed by atoms with Crippen LogP contribution in [-0.2, 0) is 9.59 Å². The molecule has 6 nitrogen and oxygen atoms in total. The van der Waals surface area contributed by atoms with E-state index in [1.165, 1.54) is 12.8 Å². The number of nitrogens with zero attached hydrogens (tertiary/aromatic N) is 2. The number of carbonyl (C=O) groups is 2. The summed E-state index contributed by atoms with van der Waals surface area (Å²) in [5.41, 5.74) is 0. The summed E-state index contributed by atoms with van der Waals surface area (Å²) < 4.78 is 0. The highest BCUT2D eigenvalue weighted by Crippen LogP contribution is 2.14. The molecular weight excluding hydrogens is 294 g/mol.